The van der Waals surface area contributed by atoms with Gasteiger partial charge in [-0.2, -0.15) is 4.39 Å². The van der Waals surface area contributed by atoms with Crippen LogP contribution in [0.25, 0.3) is 0 Å². The van der Waals surface area contributed by atoms with Gasteiger partial charge in [-0.25, -0.2) is 9.78 Å². The molecule has 1 saturated heterocycles. The number of hydrogen-bond donors (Lipinski definition) is 1. The summed E-state index contributed by atoms with van der Waals surface area (Å²) in [5.41, 5.74) is 0.205. The summed E-state index contributed by atoms with van der Waals surface area (Å²) in [6.45, 7) is 2.20. The first-order valence-corrected chi connectivity index (χ1v) is 5.66. The fourth-order valence-electron chi connectivity index (χ4n) is 2.22. The van der Waals surface area contributed by atoms with Gasteiger partial charge in [-0.15, -0.1) is 0 Å². The van der Waals surface area contributed by atoms with E-state index >= 15 is 0 Å². The lowest BCUT2D eigenvalue weighted by molar-refractivity contribution is -0.142. The molecular weight excluding hydrogens is 239 g/mol. The second kappa shape index (κ2) is 4.72. The number of carboxylic acids is 1. The maximum Gasteiger partial charge on any atom is 0.326 e. The number of rotatable bonds is 2. The topological polar surface area (TPSA) is 70.5 Å². The number of carbonyl (C=O) groups excluding carboxylic acids is 1. The first kappa shape index (κ1) is 12.5. The van der Waals surface area contributed by atoms with Crippen molar-refractivity contribution in [3.05, 3.63) is 29.8 Å². The zero-order valence-corrected chi connectivity index (χ0v) is 9.84. The molecule has 0 aliphatic carbocycles. The van der Waals surface area contributed by atoms with E-state index in [2.05, 4.69) is 4.98 Å². The highest BCUT2D eigenvalue weighted by Crippen LogP contribution is 2.25. The summed E-state index contributed by atoms with van der Waals surface area (Å²) in [6.07, 6.45) is 1.77. The molecule has 1 fully saturated rings. The van der Waals surface area contributed by atoms with Crippen LogP contribution >= 0.6 is 0 Å². The van der Waals surface area contributed by atoms with Gasteiger partial charge in [0.05, 0.1) is 5.56 Å². The molecule has 2 rings (SSSR count). The van der Waals surface area contributed by atoms with Crippen LogP contribution in [0, 0.1) is 11.9 Å². The van der Waals surface area contributed by atoms with Gasteiger partial charge < -0.3 is 10.0 Å². The van der Waals surface area contributed by atoms with Gasteiger partial charge in [0.2, 0.25) is 5.95 Å². The Hall–Kier alpha value is -1.98. The molecule has 2 unspecified atom stereocenters. The summed E-state index contributed by atoms with van der Waals surface area (Å²) >= 11 is 0. The highest BCUT2D eigenvalue weighted by molar-refractivity contribution is 5.96. The SMILES string of the molecule is CC1CCN(C(=O)c2ccc(F)nc2)C1C(=O)O. The Bertz CT molecular complexity index is 475. The van der Waals surface area contributed by atoms with Crippen molar-refractivity contribution < 1.29 is 19.1 Å². The van der Waals surface area contributed by atoms with Crippen molar-refractivity contribution >= 4 is 11.9 Å². The van der Waals surface area contributed by atoms with E-state index in [9.17, 15) is 14.0 Å². The van der Waals surface area contributed by atoms with E-state index in [1.807, 2.05) is 0 Å². The Morgan fingerprint density at radius 1 is 1.50 bits per heavy atom. The molecule has 1 aromatic heterocycles. The van der Waals surface area contributed by atoms with Crippen LogP contribution < -0.4 is 0 Å². The summed E-state index contributed by atoms with van der Waals surface area (Å²) in [5, 5.41) is 9.12. The molecule has 1 N–H and O–H groups in total. The molecule has 1 aliphatic heterocycles. The molecule has 0 saturated carbocycles. The molecule has 0 radical (unpaired) electrons. The average molecular weight is 252 g/mol. The predicted octanol–water partition coefficient (Wildman–Crippen LogP) is 1.16. The zero-order chi connectivity index (χ0) is 13.3. The molecular formula is C12H13FN2O3. The summed E-state index contributed by atoms with van der Waals surface area (Å²) in [4.78, 5) is 28.0. The fraction of sp³-hybridized carbons (Fsp3) is 0.417. The van der Waals surface area contributed by atoms with E-state index in [4.69, 9.17) is 5.11 Å². The highest BCUT2D eigenvalue weighted by Gasteiger charge is 2.39. The van der Waals surface area contributed by atoms with Crippen LogP contribution in [0.5, 0.6) is 0 Å². The van der Waals surface area contributed by atoms with Gasteiger partial charge in [0.25, 0.3) is 5.91 Å². The van der Waals surface area contributed by atoms with Gasteiger partial charge in [-0.05, 0) is 24.5 Å². The quantitative estimate of drug-likeness (QED) is 0.802. The van der Waals surface area contributed by atoms with Crippen molar-refractivity contribution in [1.29, 1.82) is 0 Å². The molecule has 1 aromatic rings. The normalized spacial score (nSPS) is 23.1. The number of aromatic nitrogens is 1. The maximum absolute atomic E-state index is 12.7. The van der Waals surface area contributed by atoms with E-state index in [1.54, 1.807) is 6.92 Å². The molecule has 0 bridgehead atoms. The number of carboxylic acid groups (broad SMARTS) is 1. The molecule has 1 amide bonds. The lowest BCUT2D eigenvalue weighted by Gasteiger charge is -2.23. The minimum Gasteiger partial charge on any atom is -0.480 e. The van der Waals surface area contributed by atoms with Gasteiger partial charge >= 0.3 is 5.97 Å². The standard InChI is InChI=1S/C12H13FN2O3/c1-7-4-5-15(10(7)12(17)18)11(16)8-2-3-9(13)14-6-8/h2-3,6-7,10H,4-5H2,1H3,(H,17,18). The van der Waals surface area contributed by atoms with Crippen molar-refractivity contribution in [2.45, 2.75) is 19.4 Å². The summed E-state index contributed by atoms with van der Waals surface area (Å²) < 4.78 is 12.7. The number of halogens is 1. The molecule has 96 valence electrons. The smallest absolute Gasteiger partial charge is 0.326 e. The van der Waals surface area contributed by atoms with Gasteiger partial charge in [-0.1, -0.05) is 6.92 Å². The van der Waals surface area contributed by atoms with E-state index in [0.717, 1.165) is 12.3 Å². The first-order valence-electron chi connectivity index (χ1n) is 5.66. The largest absolute Gasteiger partial charge is 0.480 e. The van der Waals surface area contributed by atoms with Crippen LogP contribution in [0.1, 0.15) is 23.7 Å². The van der Waals surface area contributed by atoms with Crippen LogP contribution in [0.4, 0.5) is 4.39 Å². The number of aliphatic carboxylic acids is 1. The third-order valence-corrected chi connectivity index (χ3v) is 3.19. The molecule has 6 heteroatoms. The van der Waals surface area contributed by atoms with Crippen LogP contribution in [-0.4, -0.2) is 39.5 Å². The minimum atomic E-state index is -1.01. The summed E-state index contributed by atoms with van der Waals surface area (Å²) in [7, 11) is 0. The first-order chi connectivity index (χ1) is 8.50. The Labute approximate surface area is 103 Å². The molecule has 0 aromatic carbocycles. The number of pyridine rings is 1. The number of nitrogens with zero attached hydrogens (tertiary/aromatic N) is 2. The van der Waals surface area contributed by atoms with E-state index in [1.165, 1.54) is 11.0 Å². The summed E-state index contributed by atoms with van der Waals surface area (Å²) in [6, 6.07) is 1.58. The Morgan fingerprint density at radius 2 is 2.22 bits per heavy atom. The summed E-state index contributed by atoms with van der Waals surface area (Å²) in [5.74, 6) is -2.18. The minimum absolute atomic E-state index is 0.0835. The van der Waals surface area contributed by atoms with E-state index < -0.39 is 23.9 Å². The Kier molecular flexibility index (Phi) is 3.27. The Balaban J connectivity index is 2.23. The average Bonchev–Trinajstić information content (AvgIpc) is 2.71. The van der Waals surface area contributed by atoms with E-state index in [-0.39, 0.29) is 11.5 Å². The fourth-order valence-corrected chi connectivity index (χ4v) is 2.22. The predicted molar refractivity (Wildman–Crippen MR) is 60.4 cm³/mol. The lowest BCUT2D eigenvalue weighted by atomic mass is 10.0. The lowest BCUT2D eigenvalue weighted by Crippen LogP contribution is -2.42. The molecule has 0 spiro atoms. The molecule has 5 nitrogen and oxygen atoms in total. The van der Waals surface area contributed by atoms with E-state index in [0.29, 0.717) is 13.0 Å². The monoisotopic (exact) mass is 252 g/mol. The molecule has 2 heterocycles. The van der Waals surface area contributed by atoms with Gasteiger partial charge in [0.1, 0.15) is 6.04 Å². The number of hydrogen-bond acceptors (Lipinski definition) is 3. The van der Waals surface area contributed by atoms with Crippen molar-refractivity contribution in [2.24, 2.45) is 5.92 Å². The van der Waals surface area contributed by atoms with Crippen molar-refractivity contribution in [3.8, 4) is 0 Å². The molecule has 18 heavy (non-hydrogen) atoms. The second-order valence-corrected chi connectivity index (χ2v) is 4.42. The van der Waals surface area contributed by atoms with Crippen molar-refractivity contribution in [2.75, 3.05) is 6.54 Å². The van der Waals surface area contributed by atoms with Crippen molar-refractivity contribution in [3.63, 3.8) is 0 Å². The number of likely N-dealkylation sites (tertiary alicyclic amines) is 1. The molecule has 1 aliphatic rings. The van der Waals surface area contributed by atoms with Crippen LogP contribution in [0.2, 0.25) is 0 Å². The van der Waals surface area contributed by atoms with Crippen molar-refractivity contribution in [1.82, 2.24) is 9.88 Å². The number of carbonyl (C=O) groups is 2. The van der Waals surface area contributed by atoms with Gasteiger partial charge in [-0.3, -0.25) is 4.79 Å². The number of amides is 1. The zero-order valence-electron chi connectivity index (χ0n) is 9.84. The second-order valence-electron chi connectivity index (χ2n) is 4.42. The van der Waals surface area contributed by atoms with Crippen LogP contribution in [-0.2, 0) is 4.79 Å². The highest BCUT2D eigenvalue weighted by atomic mass is 19.1. The van der Waals surface area contributed by atoms with Crippen LogP contribution in [0.3, 0.4) is 0 Å². The molecule has 2 atom stereocenters. The third-order valence-electron chi connectivity index (χ3n) is 3.19. The third kappa shape index (κ3) is 2.18. The van der Waals surface area contributed by atoms with Crippen LogP contribution in [0.15, 0.2) is 18.3 Å². The maximum atomic E-state index is 12.7. The van der Waals surface area contributed by atoms with Gasteiger partial charge in [0.15, 0.2) is 0 Å². The Morgan fingerprint density at radius 3 is 2.78 bits per heavy atom. The van der Waals surface area contributed by atoms with Gasteiger partial charge in [0, 0.05) is 12.7 Å².